The quantitative estimate of drug-likeness (QED) is 0.0531. The molecule has 0 saturated heterocycles. The van der Waals surface area contributed by atoms with Crippen LogP contribution in [0.2, 0.25) is 0 Å². The molecule has 0 bridgehead atoms. The number of unbranched alkanes of at least 4 members (excludes halogenated alkanes) is 22. The van der Waals surface area contributed by atoms with Crippen molar-refractivity contribution in [3.8, 4) is 0 Å². The van der Waals surface area contributed by atoms with Crippen molar-refractivity contribution < 1.29 is 4.70 Å². The van der Waals surface area contributed by atoms with E-state index in [0.29, 0.717) is 0 Å². The maximum atomic E-state index is 12.1. The van der Waals surface area contributed by atoms with Crippen LogP contribution in [0.25, 0.3) is 16.9 Å². The second-order valence-electron chi connectivity index (χ2n) is 16.2. The molecule has 2 nitrogen and oxygen atoms in total. The number of hydrogen-bond acceptors (Lipinski definition) is 0. The molecule has 0 saturated carbocycles. The van der Waals surface area contributed by atoms with Crippen LogP contribution in [-0.4, -0.2) is 4.70 Å². The Morgan fingerprint density at radius 3 is 1.34 bits per heavy atom. The van der Waals surface area contributed by atoms with E-state index in [9.17, 15) is 5.53 Å². The van der Waals surface area contributed by atoms with Crippen LogP contribution in [0.15, 0.2) is 71.8 Å². The zero-order valence-corrected chi connectivity index (χ0v) is 35.2. The highest BCUT2D eigenvalue weighted by atomic mass is 15.2. The van der Waals surface area contributed by atoms with E-state index in [0.717, 1.165) is 54.6 Å². The molecule has 0 atom stereocenters. The Morgan fingerprint density at radius 1 is 0.453 bits per heavy atom. The Kier molecular flexibility index (Phi) is 24.2. The molecule has 0 spiro atoms. The maximum absolute atomic E-state index is 12.1. The Labute approximate surface area is 328 Å². The van der Waals surface area contributed by atoms with Gasteiger partial charge in [-0.1, -0.05) is 199 Å². The third-order valence-corrected chi connectivity index (χ3v) is 11.4. The summed E-state index contributed by atoms with van der Waals surface area (Å²) in [6, 6.07) is 17.9. The normalized spacial score (nSPS) is 13.4. The fourth-order valence-electron chi connectivity index (χ4n) is 8.06. The number of benzene rings is 2. The van der Waals surface area contributed by atoms with E-state index in [2.05, 4.69) is 88.4 Å². The average Bonchev–Trinajstić information content (AvgIpc) is 3.45. The number of nitrogens with zero attached hydrogens (tertiary/aromatic N) is 2. The molecule has 53 heavy (non-hydrogen) atoms. The number of hydrogen-bond donors (Lipinski definition) is 0. The first kappa shape index (κ1) is 44.7. The fourth-order valence-corrected chi connectivity index (χ4v) is 8.06. The van der Waals surface area contributed by atoms with Crippen molar-refractivity contribution in [2.24, 2.45) is 0 Å². The zero-order valence-electron chi connectivity index (χ0n) is 35.2. The molecule has 0 amide bonds. The minimum Gasteiger partial charge on any atom is -0.493 e. The Morgan fingerprint density at radius 2 is 0.868 bits per heavy atom. The first-order valence-electron chi connectivity index (χ1n) is 23.0. The van der Waals surface area contributed by atoms with E-state index in [1.807, 2.05) is 0 Å². The molecule has 3 rings (SSSR count). The predicted octanol–water partition coefficient (Wildman–Crippen LogP) is 17.1. The van der Waals surface area contributed by atoms with Crippen LogP contribution in [-0.2, 0) is 12.8 Å². The van der Waals surface area contributed by atoms with Crippen LogP contribution in [0.3, 0.4) is 0 Å². The lowest BCUT2D eigenvalue weighted by Gasteiger charge is -2.11. The summed E-state index contributed by atoms with van der Waals surface area (Å²) in [5.74, 6) is 0. The first-order chi connectivity index (χ1) is 26.1. The van der Waals surface area contributed by atoms with E-state index in [4.69, 9.17) is 0 Å². The number of rotatable bonds is 32. The summed E-state index contributed by atoms with van der Waals surface area (Å²) in [6.07, 6.45) is 42.7. The summed E-state index contributed by atoms with van der Waals surface area (Å²) >= 11 is 0. The molecule has 0 aromatic heterocycles. The molecule has 0 fully saturated rings. The summed E-state index contributed by atoms with van der Waals surface area (Å²) in [7, 11) is 0. The highest BCUT2D eigenvalue weighted by Crippen LogP contribution is 2.43. The number of allylic oxidation sites excluding steroid dienone is 4. The Balaban J connectivity index is 1.57. The predicted molar refractivity (Wildman–Crippen MR) is 234 cm³/mol. The van der Waals surface area contributed by atoms with Crippen LogP contribution >= 0.6 is 0 Å². The minimum atomic E-state index is 0.956. The van der Waals surface area contributed by atoms with Crippen LogP contribution in [0.1, 0.15) is 223 Å². The standard InChI is InChI=1S/C51H80N2/c1-5-9-13-14-15-16-17-18-19-20-21-22-23-24-25-26-27-28-29-31-41-49-48(40-30-10-6-2)50(46-38-32-36-44(42-46)34-11-7-3)53(52)51(49)47-39-33-37-45(43-47)35-12-8-4/h31-33,36-39,41-43H,5-30,34-35,40H2,1-4H3. The molecule has 0 aliphatic carbocycles. The summed E-state index contributed by atoms with van der Waals surface area (Å²) in [5.41, 5.74) is 21.6. The third-order valence-electron chi connectivity index (χ3n) is 11.4. The molecule has 1 aliphatic rings. The van der Waals surface area contributed by atoms with Crippen LogP contribution in [0.5, 0.6) is 0 Å². The van der Waals surface area contributed by atoms with Gasteiger partial charge in [0.1, 0.15) is 0 Å². The SMILES string of the molecule is CCCCCCCCCCCCCCCCCCCCC=CC1=C(c2cccc(CCCC)c2)[N+](=[N-])C(c2cccc(CCCC)c2)=C1CCCCC. The molecule has 0 radical (unpaired) electrons. The van der Waals surface area contributed by atoms with E-state index < -0.39 is 0 Å². The van der Waals surface area contributed by atoms with Gasteiger partial charge >= 0.3 is 0 Å². The van der Waals surface area contributed by atoms with Gasteiger partial charge in [0.25, 0.3) is 0 Å². The smallest absolute Gasteiger partial charge is 0.215 e. The first-order valence-corrected chi connectivity index (χ1v) is 23.0. The van der Waals surface area contributed by atoms with Crippen LogP contribution < -0.4 is 0 Å². The molecular formula is C51H80N2. The van der Waals surface area contributed by atoms with Crippen molar-refractivity contribution in [1.82, 2.24) is 0 Å². The molecule has 0 N–H and O–H groups in total. The molecule has 0 unspecified atom stereocenters. The lowest BCUT2D eigenvalue weighted by Crippen LogP contribution is -2.03. The van der Waals surface area contributed by atoms with Crippen molar-refractivity contribution in [3.05, 3.63) is 99.6 Å². The lowest BCUT2D eigenvalue weighted by atomic mass is 9.93. The zero-order chi connectivity index (χ0) is 37.8. The number of aryl methyl sites for hydroxylation is 2. The van der Waals surface area contributed by atoms with Gasteiger partial charge in [0.15, 0.2) is 0 Å². The fraction of sp³-hybridized carbons (Fsp3) is 0.647. The average molecular weight is 721 g/mol. The minimum absolute atomic E-state index is 0.956. The Bertz CT molecular complexity index is 1370. The molecule has 2 aromatic carbocycles. The maximum Gasteiger partial charge on any atom is 0.215 e. The summed E-state index contributed by atoms with van der Waals surface area (Å²) in [5, 5.41) is 0. The van der Waals surface area contributed by atoms with E-state index in [1.54, 1.807) is 4.70 Å². The monoisotopic (exact) mass is 721 g/mol. The third kappa shape index (κ3) is 17.1. The molecule has 2 aromatic rings. The van der Waals surface area contributed by atoms with Gasteiger partial charge in [0.2, 0.25) is 11.4 Å². The van der Waals surface area contributed by atoms with E-state index >= 15 is 0 Å². The molecular weight excluding hydrogens is 641 g/mol. The molecule has 294 valence electrons. The Hall–Kier alpha value is -2.74. The highest BCUT2D eigenvalue weighted by Gasteiger charge is 2.34. The van der Waals surface area contributed by atoms with Gasteiger partial charge < -0.3 is 5.53 Å². The second-order valence-corrected chi connectivity index (χ2v) is 16.2. The van der Waals surface area contributed by atoms with E-state index in [-0.39, 0.29) is 0 Å². The van der Waals surface area contributed by atoms with Gasteiger partial charge in [-0.3, -0.25) is 0 Å². The summed E-state index contributed by atoms with van der Waals surface area (Å²) in [4.78, 5) is 0. The molecule has 1 heterocycles. The largest absolute Gasteiger partial charge is 0.493 e. The topological polar surface area (TPSA) is 25.3 Å². The van der Waals surface area contributed by atoms with Crippen molar-refractivity contribution in [3.63, 3.8) is 0 Å². The van der Waals surface area contributed by atoms with Gasteiger partial charge in [-0.25, -0.2) is 4.70 Å². The van der Waals surface area contributed by atoms with E-state index in [1.165, 1.54) is 176 Å². The van der Waals surface area contributed by atoms with Gasteiger partial charge in [-0.05, 0) is 86.8 Å². The lowest BCUT2D eigenvalue weighted by molar-refractivity contribution is -0.345. The summed E-state index contributed by atoms with van der Waals surface area (Å²) in [6.45, 7) is 9.10. The van der Waals surface area contributed by atoms with Crippen molar-refractivity contribution >= 4 is 11.4 Å². The molecule has 1 aliphatic heterocycles. The van der Waals surface area contributed by atoms with Gasteiger partial charge in [-0.2, -0.15) is 0 Å². The van der Waals surface area contributed by atoms with Crippen LogP contribution in [0.4, 0.5) is 0 Å². The summed E-state index contributed by atoms with van der Waals surface area (Å²) < 4.78 is 1.55. The molecule has 2 heteroatoms. The van der Waals surface area contributed by atoms with Crippen molar-refractivity contribution in [1.29, 1.82) is 0 Å². The highest BCUT2D eigenvalue weighted by molar-refractivity contribution is 5.84. The van der Waals surface area contributed by atoms with Gasteiger partial charge in [0, 0.05) is 16.7 Å². The van der Waals surface area contributed by atoms with Gasteiger partial charge in [0.05, 0.1) is 5.57 Å². The van der Waals surface area contributed by atoms with Crippen molar-refractivity contribution in [2.45, 2.75) is 214 Å². The van der Waals surface area contributed by atoms with Crippen LogP contribution in [0, 0.1) is 0 Å². The van der Waals surface area contributed by atoms with Crippen molar-refractivity contribution in [2.75, 3.05) is 0 Å². The second kappa shape index (κ2) is 28.7. The van der Waals surface area contributed by atoms with Gasteiger partial charge in [-0.15, -0.1) is 0 Å².